The van der Waals surface area contributed by atoms with Crippen molar-refractivity contribution in [3.05, 3.63) is 52.8 Å². The molecule has 0 spiro atoms. The van der Waals surface area contributed by atoms with E-state index < -0.39 is 42.5 Å². The first-order valence-corrected chi connectivity index (χ1v) is 12.5. The van der Waals surface area contributed by atoms with Gasteiger partial charge < -0.3 is 26.0 Å². The molecule has 11 heteroatoms. The average molecular weight is 499 g/mol. The number of carbonyl (C=O) groups excluding carboxylic acids is 1. The van der Waals surface area contributed by atoms with Crippen LogP contribution in [0.1, 0.15) is 28.7 Å². The molecule has 5 rings (SSSR count). The predicted molar refractivity (Wildman–Crippen MR) is 133 cm³/mol. The molecule has 35 heavy (non-hydrogen) atoms. The van der Waals surface area contributed by atoms with Crippen LogP contribution < -0.4 is 21.3 Å². The van der Waals surface area contributed by atoms with E-state index in [0.717, 1.165) is 27.3 Å². The topological polar surface area (TPSA) is 152 Å². The molecule has 3 heterocycles. The van der Waals surface area contributed by atoms with Gasteiger partial charge in [0.2, 0.25) is 5.91 Å². The molecular formula is C24H30N6O4S. The zero-order valence-electron chi connectivity index (χ0n) is 19.5. The molecule has 1 saturated heterocycles. The van der Waals surface area contributed by atoms with Crippen molar-refractivity contribution in [3.8, 4) is 0 Å². The minimum absolute atomic E-state index is 0.216. The maximum Gasteiger partial charge on any atom is 0.235 e. The summed E-state index contributed by atoms with van der Waals surface area (Å²) in [7, 11) is 0. The number of carbonyl (C=O) groups is 1. The fourth-order valence-corrected chi connectivity index (χ4v) is 6.09. The summed E-state index contributed by atoms with van der Waals surface area (Å²) in [6, 6.07) is 11.0. The second-order valence-corrected chi connectivity index (χ2v) is 10.4. The van der Waals surface area contributed by atoms with Gasteiger partial charge in [-0.3, -0.25) is 20.4 Å². The molecule has 2 aliphatic rings. The fraction of sp³-hybridized carbons (Fsp3) is 0.458. The van der Waals surface area contributed by atoms with Gasteiger partial charge in [-0.15, -0.1) is 11.3 Å². The Hall–Kier alpha value is -2.67. The van der Waals surface area contributed by atoms with Crippen LogP contribution in [0.4, 0.5) is 5.69 Å². The van der Waals surface area contributed by atoms with Gasteiger partial charge in [0.25, 0.3) is 0 Å². The number of aliphatic hydroxyl groups excluding tert-OH is 3. The highest BCUT2D eigenvalue weighted by Gasteiger charge is 2.46. The molecule has 1 aromatic carbocycles. The number of aryl methyl sites for hydroxylation is 2. The maximum absolute atomic E-state index is 13.4. The summed E-state index contributed by atoms with van der Waals surface area (Å²) in [6.45, 7) is 3.59. The number of anilines is 1. The molecule has 3 aromatic rings. The SMILES string of the molecule is Cc1cc(NC2NC(=O)C(c3nc4ccccc4s3)C(N[C@@H]3C[C@H](CO)[C@@H](O)[C@H]3O)N2)cc(C)n1. The number of fused-ring (bicyclic) bond motifs is 1. The molecule has 0 radical (unpaired) electrons. The van der Waals surface area contributed by atoms with Crippen molar-refractivity contribution in [2.24, 2.45) is 5.92 Å². The fourth-order valence-electron chi connectivity index (χ4n) is 4.99. The minimum atomic E-state index is -1.06. The molecule has 10 nitrogen and oxygen atoms in total. The third kappa shape index (κ3) is 4.88. The number of nitrogens with one attached hydrogen (secondary N) is 4. The summed E-state index contributed by atoms with van der Waals surface area (Å²) >= 11 is 1.45. The first-order valence-electron chi connectivity index (χ1n) is 11.7. The lowest BCUT2D eigenvalue weighted by molar-refractivity contribution is -0.126. The first kappa shape index (κ1) is 24.0. The molecule has 7 N–H and O–H groups in total. The molecular weight excluding hydrogens is 468 g/mol. The number of aliphatic hydroxyl groups is 3. The zero-order valence-corrected chi connectivity index (χ0v) is 20.3. The molecule has 1 amide bonds. The zero-order chi connectivity index (χ0) is 24.7. The van der Waals surface area contributed by atoms with Gasteiger partial charge in [0.15, 0.2) is 6.29 Å². The number of nitrogens with zero attached hydrogens (tertiary/aromatic N) is 2. The second kappa shape index (κ2) is 9.76. The number of hydrogen-bond donors (Lipinski definition) is 7. The summed E-state index contributed by atoms with van der Waals surface area (Å²) < 4.78 is 0.980. The summed E-state index contributed by atoms with van der Waals surface area (Å²) in [4.78, 5) is 22.5. The third-order valence-electron chi connectivity index (χ3n) is 6.65. The highest BCUT2D eigenvalue weighted by atomic mass is 32.1. The number of para-hydroxylation sites is 1. The Labute approximate surface area is 206 Å². The molecule has 3 unspecified atom stereocenters. The molecule has 1 aliphatic carbocycles. The average Bonchev–Trinajstić information content (AvgIpc) is 3.34. The first-order chi connectivity index (χ1) is 16.8. The molecule has 7 atom stereocenters. The van der Waals surface area contributed by atoms with Crippen LogP contribution in [-0.4, -0.2) is 68.5 Å². The maximum atomic E-state index is 13.4. The molecule has 0 bridgehead atoms. The Bertz CT molecular complexity index is 1170. The van der Waals surface area contributed by atoms with Crippen LogP contribution >= 0.6 is 11.3 Å². The van der Waals surface area contributed by atoms with Gasteiger partial charge in [0, 0.05) is 35.6 Å². The highest BCUT2D eigenvalue weighted by molar-refractivity contribution is 7.18. The van der Waals surface area contributed by atoms with Crippen LogP contribution in [0.15, 0.2) is 36.4 Å². The van der Waals surface area contributed by atoms with Crippen LogP contribution in [0.25, 0.3) is 10.2 Å². The number of hydrogen-bond acceptors (Lipinski definition) is 10. The van der Waals surface area contributed by atoms with Crippen LogP contribution in [0.3, 0.4) is 0 Å². The van der Waals surface area contributed by atoms with Gasteiger partial charge in [-0.25, -0.2) is 4.98 Å². The number of rotatable bonds is 6. The number of benzene rings is 1. The van der Waals surface area contributed by atoms with Crippen LogP contribution in [0.2, 0.25) is 0 Å². The number of pyridine rings is 1. The van der Waals surface area contributed by atoms with Gasteiger partial charge in [-0.05, 0) is 44.5 Å². The van der Waals surface area contributed by atoms with Gasteiger partial charge >= 0.3 is 0 Å². The third-order valence-corrected chi connectivity index (χ3v) is 7.77. The van der Waals surface area contributed by atoms with E-state index >= 15 is 0 Å². The van der Waals surface area contributed by atoms with Crippen molar-refractivity contribution >= 4 is 33.1 Å². The van der Waals surface area contributed by atoms with E-state index in [9.17, 15) is 20.1 Å². The Morgan fingerprint density at radius 3 is 2.54 bits per heavy atom. The van der Waals surface area contributed by atoms with Crippen LogP contribution in [0, 0.1) is 19.8 Å². The molecule has 2 aromatic heterocycles. The predicted octanol–water partition coefficient (Wildman–Crippen LogP) is 0.525. The van der Waals surface area contributed by atoms with Crippen molar-refractivity contribution in [2.75, 3.05) is 11.9 Å². The minimum Gasteiger partial charge on any atom is -0.396 e. The quantitative estimate of drug-likeness (QED) is 0.258. The van der Waals surface area contributed by atoms with Gasteiger partial charge in [0.05, 0.1) is 28.6 Å². The van der Waals surface area contributed by atoms with Crippen LogP contribution in [-0.2, 0) is 4.79 Å². The smallest absolute Gasteiger partial charge is 0.235 e. The number of aromatic nitrogens is 2. The standard InChI is InChI=1S/C24H30N6O4S/c1-11-7-14(8-12(2)25-11)26-24-29-21(27-16-9-13(10-31)19(32)20(16)33)18(22(34)30-24)23-28-15-5-3-4-6-17(15)35-23/h3-8,13,16,18-21,24,27,29,31-33H,9-10H2,1-2H3,(H,25,26)(H,30,34)/t13-,16-,18?,19-,20+,21?,24?/m1/s1. The Balaban J connectivity index is 1.43. The summed E-state index contributed by atoms with van der Waals surface area (Å²) in [6.07, 6.45) is -2.90. The molecule has 1 saturated carbocycles. The van der Waals surface area contributed by atoms with E-state index in [4.69, 9.17) is 4.98 Å². The lowest BCUT2D eigenvalue weighted by Crippen LogP contribution is -2.68. The molecule has 1 aliphatic heterocycles. The van der Waals surface area contributed by atoms with Crippen molar-refractivity contribution in [3.63, 3.8) is 0 Å². The monoisotopic (exact) mass is 498 g/mol. The van der Waals surface area contributed by atoms with Gasteiger partial charge in [0.1, 0.15) is 10.9 Å². The normalized spacial score (nSPS) is 31.0. The van der Waals surface area contributed by atoms with E-state index in [0.29, 0.717) is 11.4 Å². The van der Waals surface area contributed by atoms with E-state index in [2.05, 4.69) is 26.3 Å². The molecule has 186 valence electrons. The van der Waals surface area contributed by atoms with E-state index in [1.165, 1.54) is 11.3 Å². The Kier molecular flexibility index (Phi) is 6.71. The summed E-state index contributed by atoms with van der Waals surface area (Å²) in [5.74, 6) is -1.31. The Morgan fingerprint density at radius 2 is 1.86 bits per heavy atom. The van der Waals surface area contributed by atoms with Gasteiger partial charge in [-0.1, -0.05) is 12.1 Å². The van der Waals surface area contributed by atoms with Crippen molar-refractivity contribution in [1.29, 1.82) is 0 Å². The van der Waals surface area contributed by atoms with E-state index in [-0.39, 0.29) is 12.5 Å². The largest absolute Gasteiger partial charge is 0.396 e. The Morgan fingerprint density at radius 1 is 1.11 bits per heavy atom. The van der Waals surface area contributed by atoms with Gasteiger partial charge in [-0.2, -0.15) is 0 Å². The van der Waals surface area contributed by atoms with Crippen molar-refractivity contribution in [1.82, 2.24) is 25.9 Å². The number of thiazole rings is 1. The summed E-state index contributed by atoms with van der Waals surface area (Å²) in [5.41, 5.74) is 3.34. The summed E-state index contributed by atoms with van der Waals surface area (Å²) in [5, 5.41) is 44.2. The molecule has 2 fully saturated rings. The number of amides is 1. The lowest BCUT2D eigenvalue weighted by atomic mass is 10.0. The van der Waals surface area contributed by atoms with E-state index in [1.807, 2.05) is 50.2 Å². The van der Waals surface area contributed by atoms with Crippen molar-refractivity contribution in [2.45, 2.75) is 56.9 Å². The lowest BCUT2D eigenvalue weighted by Gasteiger charge is -2.39. The van der Waals surface area contributed by atoms with Crippen LogP contribution in [0.5, 0.6) is 0 Å². The highest BCUT2D eigenvalue weighted by Crippen LogP contribution is 2.33. The van der Waals surface area contributed by atoms with E-state index in [1.54, 1.807) is 0 Å². The second-order valence-electron chi connectivity index (χ2n) is 9.30. The van der Waals surface area contributed by atoms with Crippen molar-refractivity contribution < 1.29 is 20.1 Å².